The summed E-state index contributed by atoms with van der Waals surface area (Å²) >= 11 is 0. The molecule has 1 aromatic rings. The van der Waals surface area contributed by atoms with Gasteiger partial charge in [0.1, 0.15) is 0 Å². The minimum atomic E-state index is -0.973. The van der Waals surface area contributed by atoms with E-state index in [0.717, 1.165) is 6.54 Å². The number of carboxylic acid groups (broad SMARTS) is 1. The molecular weight excluding hydrogens is 230 g/mol. The van der Waals surface area contributed by atoms with Crippen molar-refractivity contribution in [3.8, 4) is 0 Å². The monoisotopic (exact) mass is 245 g/mol. The van der Waals surface area contributed by atoms with Crippen LogP contribution in [-0.4, -0.2) is 41.9 Å². The van der Waals surface area contributed by atoms with Gasteiger partial charge in [-0.3, -0.25) is 4.79 Å². The Morgan fingerprint density at radius 3 is 2.83 bits per heavy atom. The molecule has 1 N–H and O–H groups in total. The Kier molecular flexibility index (Phi) is 3.58. The highest BCUT2D eigenvalue weighted by atomic mass is 16.4. The summed E-state index contributed by atoms with van der Waals surface area (Å²) in [4.78, 5) is 24.9. The SMILES string of the molecule is CN1CCC(=O)/C(=C/c2ccccc2C(=O)O)C1. The molecule has 0 radical (unpaired) electrons. The van der Waals surface area contributed by atoms with Crippen LogP contribution in [0.4, 0.5) is 0 Å². The highest BCUT2D eigenvalue weighted by Crippen LogP contribution is 2.17. The normalized spacial score (nSPS) is 19.2. The number of rotatable bonds is 2. The van der Waals surface area contributed by atoms with E-state index in [1.54, 1.807) is 30.3 Å². The lowest BCUT2D eigenvalue weighted by atomic mass is 9.98. The molecule has 0 spiro atoms. The first-order valence-electron chi connectivity index (χ1n) is 5.82. The lowest BCUT2D eigenvalue weighted by Crippen LogP contribution is -2.32. The van der Waals surface area contributed by atoms with E-state index in [0.29, 0.717) is 24.1 Å². The number of carbonyl (C=O) groups excluding carboxylic acids is 1. The first-order valence-corrected chi connectivity index (χ1v) is 5.82. The van der Waals surface area contributed by atoms with Crippen LogP contribution in [0, 0.1) is 0 Å². The third-order valence-electron chi connectivity index (χ3n) is 3.04. The number of likely N-dealkylation sites (tertiary alicyclic amines) is 1. The zero-order valence-corrected chi connectivity index (χ0v) is 10.2. The van der Waals surface area contributed by atoms with Crippen LogP contribution < -0.4 is 0 Å². The number of benzene rings is 1. The van der Waals surface area contributed by atoms with E-state index in [9.17, 15) is 9.59 Å². The second kappa shape index (κ2) is 5.14. The summed E-state index contributed by atoms with van der Waals surface area (Å²) in [6.07, 6.45) is 2.19. The summed E-state index contributed by atoms with van der Waals surface area (Å²) in [5.41, 5.74) is 1.49. The Balaban J connectivity index is 2.37. The van der Waals surface area contributed by atoms with Gasteiger partial charge in [-0.1, -0.05) is 18.2 Å². The van der Waals surface area contributed by atoms with E-state index < -0.39 is 5.97 Å². The van der Waals surface area contributed by atoms with Crippen molar-refractivity contribution in [3.63, 3.8) is 0 Å². The highest BCUT2D eigenvalue weighted by Gasteiger charge is 2.19. The highest BCUT2D eigenvalue weighted by molar-refractivity contribution is 6.02. The number of hydrogen-bond acceptors (Lipinski definition) is 3. The van der Waals surface area contributed by atoms with Crippen molar-refractivity contribution in [1.82, 2.24) is 4.90 Å². The van der Waals surface area contributed by atoms with Gasteiger partial charge in [-0.25, -0.2) is 4.79 Å². The van der Waals surface area contributed by atoms with Gasteiger partial charge in [-0.15, -0.1) is 0 Å². The summed E-state index contributed by atoms with van der Waals surface area (Å²) < 4.78 is 0. The summed E-state index contributed by atoms with van der Waals surface area (Å²) in [5.74, 6) is -0.868. The predicted octanol–water partition coefficient (Wildman–Crippen LogP) is 1.67. The number of carboxylic acids is 1. The Hall–Kier alpha value is -1.94. The van der Waals surface area contributed by atoms with Gasteiger partial charge < -0.3 is 10.0 Å². The van der Waals surface area contributed by atoms with Crippen LogP contribution in [-0.2, 0) is 4.79 Å². The van der Waals surface area contributed by atoms with E-state index >= 15 is 0 Å². The van der Waals surface area contributed by atoms with Crippen molar-refractivity contribution in [1.29, 1.82) is 0 Å². The van der Waals surface area contributed by atoms with Crippen LogP contribution >= 0.6 is 0 Å². The number of aromatic carboxylic acids is 1. The first-order chi connectivity index (χ1) is 8.58. The van der Waals surface area contributed by atoms with Gasteiger partial charge in [0.05, 0.1) is 5.56 Å². The van der Waals surface area contributed by atoms with Crippen molar-refractivity contribution in [2.45, 2.75) is 6.42 Å². The fourth-order valence-electron chi connectivity index (χ4n) is 2.04. The fourth-order valence-corrected chi connectivity index (χ4v) is 2.04. The maximum Gasteiger partial charge on any atom is 0.336 e. The minimum absolute atomic E-state index is 0.105. The van der Waals surface area contributed by atoms with Gasteiger partial charge in [0.2, 0.25) is 0 Å². The van der Waals surface area contributed by atoms with Crippen LogP contribution in [0.5, 0.6) is 0 Å². The number of hydrogen-bond donors (Lipinski definition) is 1. The molecule has 0 atom stereocenters. The number of Topliss-reactive ketones (excluding diaryl/α,β-unsaturated/α-hetero) is 1. The molecule has 1 aliphatic rings. The van der Waals surface area contributed by atoms with Crippen molar-refractivity contribution < 1.29 is 14.7 Å². The third-order valence-corrected chi connectivity index (χ3v) is 3.04. The van der Waals surface area contributed by atoms with Gasteiger partial charge in [-0.2, -0.15) is 0 Å². The number of likely N-dealkylation sites (N-methyl/N-ethyl adjacent to an activating group) is 1. The molecule has 18 heavy (non-hydrogen) atoms. The number of ketones is 1. The van der Waals surface area contributed by atoms with Crippen LogP contribution in [0.1, 0.15) is 22.3 Å². The van der Waals surface area contributed by atoms with Gasteiger partial charge in [0, 0.05) is 25.1 Å². The predicted molar refractivity (Wildman–Crippen MR) is 68.5 cm³/mol. The molecule has 1 saturated heterocycles. The number of nitrogens with zero attached hydrogens (tertiary/aromatic N) is 1. The molecule has 1 heterocycles. The molecule has 0 saturated carbocycles. The summed E-state index contributed by atoms with van der Waals surface area (Å²) in [7, 11) is 1.95. The first kappa shape index (κ1) is 12.5. The van der Waals surface area contributed by atoms with E-state index in [4.69, 9.17) is 5.11 Å². The molecular formula is C14H15NO3. The third kappa shape index (κ3) is 2.65. The summed E-state index contributed by atoms with van der Waals surface area (Å²) in [6, 6.07) is 6.72. The van der Waals surface area contributed by atoms with Crippen molar-refractivity contribution in [2.75, 3.05) is 20.1 Å². The van der Waals surface area contributed by atoms with Gasteiger partial charge in [-0.05, 0) is 24.8 Å². The lowest BCUT2D eigenvalue weighted by molar-refractivity contribution is -0.117. The fraction of sp³-hybridized carbons (Fsp3) is 0.286. The zero-order valence-electron chi connectivity index (χ0n) is 10.2. The second-order valence-electron chi connectivity index (χ2n) is 4.47. The standard InChI is InChI=1S/C14H15NO3/c1-15-7-6-13(16)11(9-15)8-10-4-2-3-5-12(10)14(17)18/h2-5,8H,6-7,9H2,1H3,(H,17,18)/b11-8+. The Bertz CT molecular complexity index is 520. The summed E-state index contributed by atoms with van der Waals surface area (Å²) in [5, 5.41) is 9.09. The van der Waals surface area contributed by atoms with Gasteiger partial charge in [0.15, 0.2) is 5.78 Å². The maximum absolute atomic E-state index is 11.8. The molecule has 2 rings (SSSR count). The molecule has 1 aliphatic heterocycles. The molecule has 1 aromatic carbocycles. The van der Waals surface area contributed by atoms with Crippen molar-refractivity contribution in [2.24, 2.45) is 0 Å². The Morgan fingerprint density at radius 2 is 2.11 bits per heavy atom. The molecule has 0 aliphatic carbocycles. The van der Waals surface area contributed by atoms with Crippen LogP contribution in [0.2, 0.25) is 0 Å². The zero-order chi connectivity index (χ0) is 13.1. The molecule has 0 unspecified atom stereocenters. The molecule has 1 fully saturated rings. The number of carbonyl (C=O) groups is 2. The van der Waals surface area contributed by atoms with Crippen molar-refractivity contribution in [3.05, 3.63) is 41.0 Å². The molecule has 4 nitrogen and oxygen atoms in total. The minimum Gasteiger partial charge on any atom is -0.478 e. The van der Waals surface area contributed by atoms with Gasteiger partial charge in [0.25, 0.3) is 0 Å². The lowest BCUT2D eigenvalue weighted by Gasteiger charge is -2.23. The van der Waals surface area contributed by atoms with E-state index in [1.165, 1.54) is 0 Å². The Labute approximate surface area is 106 Å². The molecule has 0 bridgehead atoms. The van der Waals surface area contributed by atoms with Crippen LogP contribution in [0.15, 0.2) is 29.8 Å². The molecule has 0 aromatic heterocycles. The quantitative estimate of drug-likeness (QED) is 0.805. The topological polar surface area (TPSA) is 57.6 Å². The molecule has 0 amide bonds. The average molecular weight is 245 g/mol. The Morgan fingerprint density at radius 1 is 1.39 bits per heavy atom. The van der Waals surface area contributed by atoms with E-state index in [2.05, 4.69) is 4.90 Å². The van der Waals surface area contributed by atoms with Crippen LogP contribution in [0.25, 0.3) is 6.08 Å². The molecule has 4 heteroatoms. The van der Waals surface area contributed by atoms with E-state index in [1.807, 2.05) is 7.05 Å². The van der Waals surface area contributed by atoms with Crippen LogP contribution in [0.3, 0.4) is 0 Å². The summed E-state index contributed by atoms with van der Waals surface area (Å²) in [6.45, 7) is 1.34. The second-order valence-corrected chi connectivity index (χ2v) is 4.47. The van der Waals surface area contributed by atoms with Crippen molar-refractivity contribution >= 4 is 17.8 Å². The number of piperidine rings is 1. The molecule has 94 valence electrons. The average Bonchev–Trinajstić information content (AvgIpc) is 2.34. The smallest absolute Gasteiger partial charge is 0.336 e. The van der Waals surface area contributed by atoms with E-state index in [-0.39, 0.29) is 11.3 Å². The largest absolute Gasteiger partial charge is 0.478 e. The van der Waals surface area contributed by atoms with Gasteiger partial charge >= 0.3 is 5.97 Å². The maximum atomic E-state index is 11.8.